The Morgan fingerprint density at radius 1 is 1.00 bits per heavy atom. The van der Waals surface area contributed by atoms with Gasteiger partial charge in [0.05, 0.1) is 13.2 Å². The van der Waals surface area contributed by atoms with Crippen molar-refractivity contribution >= 4 is 22.6 Å². The quantitative estimate of drug-likeness (QED) is 0.396. The van der Waals surface area contributed by atoms with Gasteiger partial charge in [-0.25, -0.2) is 4.79 Å². The van der Waals surface area contributed by atoms with E-state index >= 15 is 0 Å². The molecule has 0 fully saturated rings. The summed E-state index contributed by atoms with van der Waals surface area (Å²) in [4.78, 5) is 12.6. The molecular weight excluding hydrogens is 405 g/mol. The average molecular weight is 437 g/mol. The summed E-state index contributed by atoms with van der Waals surface area (Å²) in [6.07, 6.45) is -6.19. The number of alkyl halides is 3. The fourth-order valence-electron chi connectivity index (χ4n) is 2.94. The van der Waals surface area contributed by atoms with E-state index in [1.807, 2.05) is 30.3 Å². The van der Waals surface area contributed by atoms with Crippen LogP contribution in [0.15, 0.2) is 30.3 Å². The smallest absolute Gasteiger partial charge is 0.429 e. The van der Waals surface area contributed by atoms with Crippen LogP contribution in [0.4, 0.5) is 13.2 Å². The maximum absolute atomic E-state index is 14.4. The van der Waals surface area contributed by atoms with E-state index in [9.17, 15) is 18.0 Å². The van der Waals surface area contributed by atoms with Gasteiger partial charge >= 0.3 is 12.1 Å². The highest BCUT2D eigenvalue weighted by Gasteiger charge is 2.69. The predicted molar refractivity (Wildman–Crippen MR) is 108 cm³/mol. The summed E-state index contributed by atoms with van der Waals surface area (Å²) in [6, 6.07) is 9.14. The Balaban J connectivity index is 3.48. The molecule has 0 bridgehead atoms. The van der Waals surface area contributed by atoms with Crippen LogP contribution >= 0.6 is 0 Å². The van der Waals surface area contributed by atoms with Gasteiger partial charge in [0.15, 0.2) is 16.6 Å². The summed E-state index contributed by atoms with van der Waals surface area (Å²) < 4.78 is 59.4. The van der Waals surface area contributed by atoms with Gasteiger partial charge in [0.2, 0.25) is 0 Å². The highest BCUT2D eigenvalue weighted by Crippen LogP contribution is 2.43. The molecule has 4 nitrogen and oxygen atoms in total. The largest absolute Gasteiger partial charge is 0.467 e. The number of carbonyl (C=O) groups excluding carboxylic acids is 1. The van der Waals surface area contributed by atoms with Crippen molar-refractivity contribution in [1.29, 1.82) is 0 Å². The second-order valence-corrected chi connectivity index (χ2v) is 17.6. The molecule has 2 atom stereocenters. The van der Waals surface area contributed by atoms with Gasteiger partial charge in [-0.05, 0) is 57.7 Å². The zero-order valence-electron chi connectivity index (χ0n) is 17.6. The number of hydrogen-bond donors (Lipinski definition) is 0. The first-order chi connectivity index (χ1) is 12.6. The van der Waals surface area contributed by atoms with Gasteiger partial charge < -0.3 is 13.6 Å². The van der Waals surface area contributed by atoms with Gasteiger partial charge in [0.25, 0.3) is 5.60 Å². The summed E-state index contributed by atoms with van der Waals surface area (Å²) in [5, 5.41) is 0. The lowest BCUT2D eigenvalue weighted by atomic mass is 9.91. The Morgan fingerprint density at radius 2 is 1.54 bits per heavy atom. The van der Waals surface area contributed by atoms with Crippen molar-refractivity contribution in [2.75, 3.05) is 7.11 Å². The van der Waals surface area contributed by atoms with Crippen molar-refractivity contribution in [2.24, 2.45) is 0 Å². The van der Waals surface area contributed by atoms with Gasteiger partial charge in [-0.1, -0.05) is 30.3 Å². The molecule has 1 rings (SSSR count). The van der Waals surface area contributed by atoms with E-state index in [2.05, 4.69) is 4.74 Å². The van der Waals surface area contributed by atoms with Gasteiger partial charge in [-0.3, -0.25) is 0 Å². The summed E-state index contributed by atoms with van der Waals surface area (Å²) in [5.41, 5.74) is -2.29. The monoisotopic (exact) mass is 436 g/mol. The molecule has 0 spiro atoms. The summed E-state index contributed by atoms with van der Waals surface area (Å²) in [5.74, 6) is -1.46. The molecule has 0 saturated heterocycles. The van der Waals surface area contributed by atoms with Crippen LogP contribution in [0, 0.1) is 0 Å². The van der Waals surface area contributed by atoms with Crippen LogP contribution in [-0.2, 0) is 24.8 Å². The molecule has 28 heavy (non-hydrogen) atoms. The number of carbonyl (C=O) groups is 1. The minimum absolute atomic E-state index is 0.0205. The number of aryl methyl sites for hydroxylation is 1. The van der Waals surface area contributed by atoms with E-state index in [0.29, 0.717) is 6.42 Å². The van der Waals surface area contributed by atoms with E-state index in [1.165, 1.54) is 0 Å². The fraction of sp³-hybridized carbons (Fsp3) is 0.632. The van der Waals surface area contributed by atoms with E-state index in [-0.39, 0.29) is 6.42 Å². The van der Waals surface area contributed by atoms with Crippen LogP contribution in [-0.4, -0.2) is 47.6 Å². The molecule has 0 radical (unpaired) electrons. The lowest BCUT2D eigenvalue weighted by molar-refractivity contribution is -0.278. The lowest BCUT2D eigenvalue weighted by Crippen LogP contribution is -2.67. The third-order valence-electron chi connectivity index (χ3n) is 3.86. The molecule has 0 aromatic heterocycles. The van der Waals surface area contributed by atoms with Crippen LogP contribution < -0.4 is 0 Å². The highest BCUT2D eigenvalue weighted by atomic mass is 28.4. The zero-order chi connectivity index (χ0) is 21.8. The minimum Gasteiger partial charge on any atom is -0.467 e. The Labute approximate surface area is 167 Å². The van der Waals surface area contributed by atoms with E-state index in [4.69, 9.17) is 8.85 Å². The molecule has 0 aliphatic rings. The molecule has 0 amide bonds. The Kier molecular flexibility index (Phi) is 8.09. The topological polar surface area (TPSA) is 44.8 Å². The summed E-state index contributed by atoms with van der Waals surface area (Å²) in [7, 11) is -4.32. The first-order valence-electron chi connectivity index (χ1n) is 9.19. The van der Waals surface area contributed by atoms with Crippen LogP contribution in [0.2, 0.25) is 39.3 Å². The summed E-state index contributed by atoms with van der Waals surface area (Å²) in [6.45, 7) is 10.2. The van der Waals surface area contributed by atoms with Crippen molar-refractivity contribution in [3.8, 4) is 0 Å². The van der Waals surface area contributed by atoms with E-state index in [0.717, 1.165) is 12.7 Å². The Hall–Kier alpha value is -1.17. The van der Waals surface area contributed by atoms with Crippen LogP contribution in [0.3, 0.4) is 0 Å². The van der Waals surface area contributed by atoms with E-state index < -0.39 is 40.5 Å². The second-order valence-electron chi connectivity index (χ2n) is 8.68. The molecule has 2 unspecified atom stereocenters. The van der Waals surface area contributed by atoms with Crippen LogP contribution in [0.5, 0.6) is 0 Å². The number of benzene rings is 1. The Morgan fingerprint density at radius 3 is 1.93 bits per heavy atom. The lowest BCUT2D eigenvalue weighted by Gasteiger charge is -2.44. The Bertz CT molecular complexity index is 639. The molecule has 0 saturated carbocycles. The third kappa shape index (κ3) is 6.72. The number of hydrogen-bond acceptors (Lipinski definition) is 4. The second kappa shape index (κ2) is 9.10. The van der Waals surface area contributed by atoms with Gasteiger partial charge in [0.1, 0.15) is 0 Å². The van der Waals surface area contributed by atoms with Crippen molar-refractivity contribution in [3.63, 3.8) is 0 Å². The van der Waals surface area contributed by atoms with Gasteiger partial charge in [0, 0.05) is 0 Å². The van der Waals surface area contributed by atoms with Crippen LogP contribution in [0.1, 0.15) is 12.0 Å². The third-order valence-corrected chi connectivity index (χ3v) is 5.79. The molecule has 1 aromatic carbocycles. The molecule has 1 aromatic rings. The molecule has 9 heteroatoms. The van der Waals surface area contributed by atoms with Crippen molar-refractivity contribution in [2.45, 2.75) is 70.0 Å². The summed E-state index contributed by atoms with van der Waals surface area (Å²) >= 11 is 0. The number of methoxy groups -OCH3 is 1. The van der Waals surface area contributed by atoms with Gasteiger partial charge in [-0.2, -0.15) is 13.2 Å². The molecule has 160 valence electrons. The maximum atomic E-state index is 14.4. The SMILES string of the molecule is COC(=O)C(O[Si](C)(C)C)(C(CCc1ccccc1)O[Si](C)(C)C)C(F)(F)F. The average Bonchev–Trinajstić information content (AvgIpc) is 2.53. The predicted octanol–water partition coefficient (Wildman–Crippen LogP) is 5.16. The van der Waals surface area contributed by atoms with Crippen molar-refractivity contribution in [3.05, 3.63) is 35.9 Å². The zero-order valence-corrected chi connectivity index (χ0v) is 19.6. The molecule has 0 N–H and O–H groups in total. The normalized spacial score (nSPS) is 16.4. The fourth-order valence-corrected chi connectivity index (χ4v) is 5.38. The minimum atomic E-state index is -4.98. The number of ether oxygens (including phenoxy) is 1. The first kappa shape index (κ1) is 24.9. The highest BCUT2D eigenvalue weighted by molar-refractivity contribution is 6.70. The molecule has 0 aliphatic carbocycles. The molecule has 0 aliphatic heterocycles. The van der Waals surface area contributed by atoms with E-state index in [1.54, 1.807) is 39.3 Å². The van der Waals surface area contributed by atoms with Gasteiger partial charge in [-0.15, -0.1) is 0 Å². The van der Waals surface area contributed by atoms with Crippen molar-refractivity contribution in [1.82, 2.24) is 0 Å². The standard InChI is InChI=1S/C19H31F3O4Si2/c1-24-17(23)18(19(20,21)22,26-28(5,6)7)16(25-27(2,3)4)14-13-15-11-9-8-10-12-15/h8-12,16H,13-14H2,1-7H3. The number of esters is 1. The van der Waals surface area contributed by atoms with Crippen molar-refractivity contribution < 1.29 is 31.6 Å². The van der Waals surface area contributed by atoms with Crippen LogP contribution in [0.25, 0.3) is 0 Å². The molecular formula is C19H31F3O4Si2. The number of rotatable bonds is 9. The number of halogens is 3. The maximum Gasteiger partial charge on any atom is 0.429 e. The first-order valence-corrected chi connectivity index (χ1v) is 16.0. The molecule has 0 heterocycles.